The van der Waals surface area contributed by atoms with Crippen molar-refractivity contribution in [2.75, 3.05) is 0 Å². The SMILES string of the molecule is Cc1ccc(C(=O)N[C@@H](c2ccccc2)[C@@H](N)c2ccccc2)cc1. The monoisotopic (exact) mass is 330 g/mol. The number of carbonyl (C=O) groups excluding carboxylic acids is 1. The van der Waals surface area contributed by atoms with Crippen molar-refractivity contribution in [2.45, 2.75) is 19.0 Å². The molecular weight excluding hydrogens is 308 g/mol. The zero-order chi connectivity index (χ0) is 17.6. The normalized spacial score (nSPS) is 13.0. The Bertz CT molecular complexity index is 814. The van der Waals surface area contributed by atoms with Crippen LogP contribution in [0.4, 0.5) is 0 Å². The molecule has 0 aliphatic heterocycles. The Hall–Kier alpha value is -2.91. The van der Waals surface area contributed by atoms with E-state index in [2.05, 4.69) is 5.32 Å². The summed E-state index contributed by atoms with van der Waals surface area (Å²) in [7, 11) is 0. The van der Waals surface area contributed by atoms with Crippen molar-refractivity contribution in [2.24, 2.45) is 5.73 Å². The first-order chi connectivity index (χ1) is 12.1. The molecule has 0 aliphatic rings. The molecule has 126 valence electrons. The molecule has 2 atom stereocenters. The van der Waals surface area contributed by atoms with E-state index in [0.717, 1.165) is 16.7 Å². The van der Waals surface area contributed by atoms with Crippen molar-refractivity contribution in [3.05, 3.63) is 107 Å². The van der Waals surface area contributed by atoms with Crippen LogP contribution in [-0.4, -0.2) is 5.91 Å². The van der Waals surface area contributed by atoms with Gasteiger partial charge in [0.2, 0.25) is 0 Å². The van der Waals surface area contributed by atoms with E-state index >= 15 is 0 Å². The van der Waals surface area contributed by atoms with Crippen molar-refractivity contribution < 1.29 is 4.79 Å². The van der Waals surface area contributed by atoms with E-state index in [1.165, 1.54) is 0 Å². The Labute approximate surface area is 148 Å². The van der Waals surface area contributed by atoms with Gasteiger partial charge in [-0.1, -0.05) is 78.4 Å². The van der Waals surface area contributed by atoms with Crippen molar-refractivity contribution in [3.8, 4) is 0 Å². The molecular formula is C22H22N2O. The second kappa shape index (κ2) is 7.77. The van der Waals surface area contributed by atoms with E-state index in [0.29, 0.717) is 5.56 Å². The number of hydrogen-bond acceptors (Lipinski definition) is 2. The maximum atomic E-state index is 12.7. The molecule has 0 radical (unpaired) electrons. The van der Waals surface area contributed by atoms with E-state index in [4.69, 9.17) is 5.73 Å². The molecule has 3 aromatic carbocycles. The smallest absolute Gasteiger partial charge is 0.251 e. The Morgan fingerprint density at radius 3 is 1.88 bits per heavy atom. The molecule has 0 saturated carbocycles. The summed E-state index contributed by atoms with van der Waals surface area (Å²) < 4.78 is 0. The highest BCUT2D eigenvalue weighted by atomic mass is 16.1. The number of aryl methyl sites for hydroxylation is 1. The summed E-state index contributed by atoms with van der Waals surface area (Å²) in [5.41, 5.74) is 10.2. The fourth-order valence-electron chi connectivity index (χ4n) is 2.84. The molecule has 3 N–H and O–H groups in total. The average molecular weight is 330 g/mol. The molecule has 3 aromatic rings. The van der Waals surface area contributed by atoms with E-state index in [1.807, 2.05) is 91.9 Å². The fraction of sp³-hybridized carbons (Fsp3) is 0.136. The Morgan fingerprint density at radius 1 is 0.800 bits per heavy atom. The molecule has 3 nitrogen and oxygen atoms in total. The first-order valence-electron chi connectivity index (χ1n) is 8.38. The summed E-state index contributed by atoms with van der Waals surface area (Å²) in [6.45, 7) is 2.00. The molecule has 25 heavy (non-hydrogen) atoms. The van der Waals surface area contributed by atoms with Crippen LogP contribution in [0.2, 0.25) is 0 Å². The third-order valence-electron chi connectivity index (χ3n) is 4.30. The lowest BCUT2D eigenvalue weighted by Crippen LogP contribution is -2.36. The molecule has 1 amide bonds. The van der Waals surface area contributed by atoms with Crippen molar-refractivity contribution in [1.29, 1.82) is 0 Å². The molecule has 0 bridgehead atoms. The maximum absolute atomic E-state index is 12.7. The zero-order valence-electron chi connectivity index (χ0n) is 14.2. The second-order valence-corrected chi connectivity index (χ2v) is 6.16. The number of carbonyl (C=O) groups is 1. The first-order valence-corrected chi connectivity index (χ1v) is 8.38. The minimum Gasteiger partial charge on any atom is -0.343 e. The second-order valence-electron chi connectivity index (χ2n) is 6.16. The Morgan fingerprint density at radius 2 is 1.32 bits per heavy atom. The number of nitrogens with one attached hydrogen (secondary N) is 1. The lowest BCUT2D eigenvalue weighted by atomic mass is 9.93. The minimum absolute atomic E-state index is 0.125. The van der Waals surface area contributed by atoms with Gasteiger partial charge in [-0.3, -0.25) is 4.79 Å². The topological polar surface area (TPSA) is 55.1 Å². The van der Waals surface area contributed by atoms with Gasteiger partial charge < -0.3 is 11.1 Å². The first kappa shape index (κ1) is 16.9. The molecule has 0 aromatic heterocycles. The quantitative estimate of drug-likeness (QED) is 0.738. The molecule has 3 heteroatoms. The average Bonchev–Trinajstić information content (AvgIpc) is 2.67. The predicted octanol–water partition coefficient (Wildman–Crippen LogP) is 4.17. The zero-order valence-corrected chi connectivity index (χ0v) is 14.2. The van der Waals surface area contributed by atoms with Crippen LogP contribution in [0.1, 0.15) is 39.1 Å². The third-order valence-corrected chi connectivity index (χ3v) is 4.30. The Kier molecular flexibility index (Phi) is 5.26. The highest BCUT2D eigenvalue weighted by molar-refractivity contribution is 5.94. The summed E-state index contributed by atoms with van der Waals surface area (Å²) in [5, 5.41) is 3.10. The minimum atomic E-state index is -0.335. The van der Waals surface area contributed by atoms with Crippen LogP contribution in [0.15, 0.2) is 84.9 Å². The van der Waals surface area contributed by atoms with Gasteiger partial charge in [0.15, 0.2) is 0 Å². The van der Waals surface area contributed by atoms with Gasteiger partial charge in [0, 0.05) is 5.56 Å². The van der Waals surface area contributed by atoms with Gasteiger partial charge >= 0.3 is 0 Å². The highest BCUT2D eigenvalue weighted by Crippen LogP contribution is 2.27. The molecule has 0 unspecified atom stereocenters. The summed E-state index contributed by atoms with van der Waals surface area (Å²) >= 11 is 0. The molecule has 3 rings (SSSR count). The standard InChI is InChI=1S/C22H22N2O/c1-16-12-14-19(15-13-16)22(25)24-21(18-10-6-3-7-11-18)20(23)17-8-4-2-5-9-17/h2-15,20-21H,23H2,1H3,(H,24,25)/t20-,21-/m0/s1. The van der Waals surface area contributed by atoms with Gasteiger partial charge in [-0.2, -0.15) is 0 Å². The predicted molar refractivity (Wildman–Crippen MR) is 101 cm³/mol. The number of benzene rings is 3. The number of nitrogens with two attached hydrogens (primary N) is 1. The van der Waals surface area contributed by atoms with E-state index < -0.39 is 0 Å². The van der Waals surface area contributed by atoms with Crippen LogP contribution >= 0.6 is 0 Å². The summed E-state index contributed by atoms with van der Waals surface area (Å²) in [6.07, 6.45) is 0. The van der Waals surface area contributed by atoms with Gasteiger partial charge in [0.1, 0.15) is 0 Å². The van der Waals surface area contributed by atoms with Gasteiger partial charge in [-0.25, -0.2) is 0 Å². The van der Waals surface area contributed by atoms with Gasteiger partial charge in [0.05, 0.1) is 12.1 Å². The van der Waals surface area contributed by atoms with Crippen LogP contribution in [0.5, 0.6) is 0 Å². The molecule has 0 saturated heterocycles. The van der Waals surface area contributed by atoms with Crippen LogP contribution in [0, 0.1) is 6.92 Å². The molecule has 0 fully saturated rings. The third kappa shape index (κ3) is 4.14. The van der Waals surface area contributed by atoms with Crippen LogP contribution in [-0.2, 0) is 0 Å². The molecule has 0 heterocycles. The number of amides is 1. The summed E-state index contributed by atoms with van der Waals surface area (Å²) in [4.78, 5) is 12.7. The van der Waals surface area contributed by atoms with Crippen LogP contribution in [0.3, 0.4) is 0 Å². The largest absolute Gasteiger partial charge is 0.343 e. The van der Waals surface area contributed by atoms with E-state index in [-0.39, 0.29) is 18.0 Å². The van der Waals surface area contributed by atoms with Crippen molar-refractivity contribution in [3.63, 3.8) is 0 Å². The van der Waals surface area contributed by atoms with Gasteiger partial charge in [0.25, 0.3) is 5.91 Å². The van der Waals surface area contributed by atoms with E-state index in [9.17, 15) is 4.79 Å². The number of hydrogen-bond donors (Lipinski definition) is 2. The van der Waals surface area contributed by atoms with Gasteiger partial charge in [-0.05, 0) is 30.2 Å². The lowest BCUT2D eigenvalue weighted by molar-refractivity contribution is 0.0930. The van der Waals surface area contributed by atoms with Crippen molar-refractivity contribution in [1.82, 2.24) is 5.32 Å². The molecule has 0 spiro atoms. The molecule has 0 aliphatic carbocycles. The summed E-state index contributed by atoms with van der Waals surface area (Å²) in [6, 6.07) is 26.6. The Balaban J connectivity index is 1.89. The van der Waals surface area contributed by atoms with Crippen LogP contribution in [0.25, 0.3) is 0 Å². The van der Waals surface area contributed by atoms with Crippen LogP contribution < -0.4 is 11.1 Å². The van der Waals surface area contributed by atoms with E-state index in [1.54, 1.807) is 0 Å². The fourth-order valence-corrected chi connectivity index (χ4v) is 2.84. The highest BCUT2D eigenvalue weighted by Gasteiger charge is 2.23. The van der Waals surface area contributed by atoms with Crippen molar-refractivity contribution >= 4 is 5.91 Å². The maximum Gasteiger partial charge on any atom is 0.251 e. The van der Waals surface area contributed by atoms with Gasteiger partial charge in [-0.15, -0.1) is 0 Å². The summed E-state index contributed by atoms with van der Waals surface area (Å²) in [5.74, 6) is -0.125. The number of rotatable bonds is 5. The lowest BCUT2D eigenvalue weighted by Gasteiger charge is -2.26.